The summed E-state index contributed by atoms with van der Waals surface area (Å²) < 4.78 is 6.53. The summed E-state index contributed by atoms with van der Waals surface area (Å²) in [5.41, 5.74) is 0. The lowest BCUT2D eigenvalue weighted by atomic mass is 9.86. The maximum Gasteiger partial charge on any atom is 0.312 e. The molecule has 0 amide bonds. The fraction of sp³-hybridized carbons (Fsp3) is 0.923. The van der Waals surface area contributed by atoms with Gasteiger partial charge in [-0.25, -0.2) is 0 Å². The minimum atomic E-state index is -0.0114. The minimum Gasteiger partial charge on any atom is -1.00 e. The van der Waals surface area contributed by atoms with Crippen LogP contribution in [0.3, 0.4) is 0 Å². The van der Waals surface area contributed by atoms with Crippen LogP contribution < -0.4 is 12.4 Å². The summed E-state index contributed by atoms with van der Waals surface area (Å²) in [6.45, 7) is 8.26. The molecule has 0 saturated carbocycles. The van der Waals surface area contributed by atoms with Crippen LogP contribution in [-0.4, -0.2) is 36.8 Å². The number of hydrogen-bond acceptors (Lipinski definition) is 2. The molecule has 4 heteroatoms. The number of carbonyl (C=O) groups is 1. The van der Waals surface area contributed by atoms with Crippen molar-refractivity contribution in [1.29, 1.82) is 0 Å². The van der Waals surface area contributed by atoms with Crippen LogP contribution in [0.4, 0.5) is 0 Å². The molecule has 17 heavy (non-hydrogen) atoms. The average Bonchev–Trinajstić information content (AvgIpc) is 2.37. The normalized spacial score (nSPS) is 32.7. The molecule has 3 fully saturated rings. The van der Waals surface area contributed by atoms with Crippen molar-refractivity contribution in [2.45, 2.75) is 39.5 Å². The largest absolute Gasteiger partial charge is 1.00 e. The predicted octanol–water partition coefficient (Wildman–Crippen LogP) is -0.832. The Morgan fingerprint density at radius 2 is 1.82 bits per heavy atom. The molecule has 100 valence electrons. The van der Waals surface area contributed by atoms with Crippen molar-refractivity contribution in [2.75, 3.05) is 26.4 Å². The third kappa shape index (κ3) is 3.35. The standard InChI is InChI=1S/C13H24NO2.ClH/c1-3-11(2)13(15)16-10-14-7-4-12(5-8-14)6-9-14;/h11-12H,3-10H2,1-2H3;1H/q+1;/p-1. The smallest absolute Gasteiger partial charge is 0.312 e. The van der Waals surface area contributed by atoms with Gasteiger partial charge in [-0.2, -0.15) is 0 Å². The number of carbonyl (C=O) groups excluding carboxylic acids is 1. The van der Waals surface area contributed by atoms with Gasteiger partial charge in [-0.05, 0) is 31.6 Å². The Bertz CT molecular complexity index is 248. The Balaban J connectivity index is 0.00000144. The molecule has 1 unspecified atom stereocenters. The van der Waals surface area contributed by atoms with Crippen molar-refractivity contribution in [2.24, 2.45) is 11.8 Å². The first-order chi connectivity index (χ1) is 7.65. The van der Waals surface area contributed by atoms with Crippen molar-refractivity contribution >= 4 is 5.97 Å². The molecule has 3 heterocycles. The van der Waals surface area contributed by atoms with E-state index in [9.17, 15) is 4.79 Å². The second kappa shape index (κ2) is 6.05. The molecule has 3 rings (SSSR count). The van der Waals surface area contributed by atoms with Gasteiger partial charge in [0.05, 0.1) is 25.6 Å². The summed E-state index contributed by atoms with van der Waals surface area (Å²) in [6, 6.07) is 0. The number of halogens is 1. The van der Waals surface area contributed by atoms with Crippen LogP contribution in [0.25, 0.3) is 0 Å². The summed E-state index contributed by atoms with van der Waals surface area (Å²) in [5, 5.41) is 0. The first-order valence-electron chi connectivity index (χ1n) is 6.67. The van der Waals surface area contributed by atoms with E-state index in [1.807, 2.05) is 13.8 Å². The highest BCUT2D eigenvalue weighted by molar-refractivity contribution is 5.71. The zero-order valence-corrected chi connectivity index (χ0v) is 11.7. The summed E-state index contributed by atoms with van der Waals surface area (Å²) in [6.07, 6.45) is 4.88. The summed E-state index contributed by atoms with van der Waals surface area (Å²) in [7, 11) is 0. The van der Waals surface area contributed by atoms with E-state index in [1.54, 1.807) is 0 Å². The van der Waals surface area contributed by atoms with Crippen LogP contribution in [0.5, 0.6) is 0 Å². The van der Waals surface area contributed by atoms with Gasteiger partial charge in [-0.15, -0.1) is 0 Å². The molecular weight excluding hydrogens is 238 g/mol. The van der Waals surface area contributed by atoms with Gasteiger partial charge in [0.15, 0.2) is 0 Å². The molecule has 3 nitrogen and oxygen atoms in total. The zero-order chi connectivity index (χ0) is 11.6. The lowest BCUT2D eigenvalue weighted by Crippen LogP contribution is -3.00. The van der Waals surface area contributed by atoms with Crippen molar-refractivity contribution in [3.05, 3.63) is 0 Å². The number of fused-ring (bicyclic) bond motifs is 3. The van der Waals surface area contributed by atoms with Gasteiger partial charge < -0.3 is 17.1 Å². The summed E-state index contributed by atoms with van der Waals surface area (Å²) in [5.74, 6) is 1.01. The molecule has 0 N–H and O–H groups in total. The molecule has 0 spiro atoms. The van der Waals surface area contributed by atoms with Gasteiger partial charge in [0.25, 0.3) is 0 Å². The van der Waals surface area contributed by atoms with Gasteiger partial charge in [-0.1, -0.05) is 13.8 Å². The predicted molar refractivity (Wildman–Crippen MR) is 62.6 cm³/mol. The van der Waals surface area contributed by atoms with E-state index in [2.05, 4.69) is 0 Å². The molecule has 0 radical (unpaired) electrons. The molecule has 0 aromatic carbocycles. The fourth-order valence-corrected chi connectivity index (χ4v) is 2.84. The Morgan fingerprint density at radius 3 is 2.29 bits per heavy atom. The Hall–Kier alpha value is -0.280. The SMILES string of the molecule is CCC(C)C(=O)OC[N+]12CCC(CC1)CC2.[Cl-]. The Labute approximate surface area is 111 Å². The van der Waals surface area contributed by atoms with Gasteiger partial charge in [-0.3, -0.25) is 9.28 Å². The van der Waals surface area contributed by atoms with Crippen LogP contribution in [-0.2, 0) is 9.53 Å². The number of quaternary nitrogens is 1. The van der Waals surface area contributed by atoms with Gasteiger partial charge >= 0.3 is 5.97 Å². The lowest BCUT2D eigenvalue weighted by Gasteiger charge is -2.48. The van der Waals surface area contributed by atoms with Crippen LogP contribution in [0.1, 0.15) is 39.5 Å². The number of esters is 1. The van der Waals surface area contributed by atoms with E-state index in [0.717, 1.165) is 16.8 Å². The molecule has 1 atom stereocenters. The molecule has 0 aromatic rings. The van der Waals surface area contributed by atoms with Crippen molar-refractivity contribution in [1.82, 2.24) is 0 Å². The van der Waals surface area contributed by atoms with Crippen LogP contribution in [0, 0.1) is 11.8 Å². The first-order valence-corrected chi connectivity index (χ1v) is 6.67. The molecule has 2 bridgehead atoms. The second-order valence-corrected chi connectivity index (χ2v) is 5.65. The van der Waals surface area contributed by atoms with Crippen LogP contribution >= 0.6 is 0 Å². The quantitative estimate of drug-likeness (QED) is 0.488. The highest BCUT2D eigenvalue weighted by Gasteiger charge is 2.40. The Kier molecular flexibility index (Phi) is 5.26. The average molecular weight is 262 g/mol. The van der Waals surface area contributed by atoms with Crippen molar-refractivity contribution in [3.63, 3.8) is 0 Å². The summed E-state index contributed by atoms with van der Waals surface area (Å²) >= 11 is 0. The number of nitrogens with zero attached hydrogens (tertiary/aromatic N) is 1. The van der Waals surface area contributed by atoms with Crippen LogP contribution in [0.2, 0.25) is 0 Å². The third-order valence-electron chi connectivity index (χ3n) is 4.53. The van der Waals surface area contributed by atoms with Crippen LogP contribution in [0.15, 0.2) is 0 Å². The van der Waals surface area contributed by atoms with Gasteiger partial charge in [0.2, 0.25) is 6.73 Å². The second-order valence-electron chi connectivity index (χ2n) is 5.65. The molecular formula is C13H24ClNO2. The van der Waals surface area contributed by atoms with Crippen molar-refractivity contribution < 1.29 is 26.4 Å². The highest BCUT2D eigenvalue weighted by atomic mass is 35.5. The molecule has 3 aliphatic rings. The van der Waals surface area contributed by atoms with Crippen molar-refractivity contribution in [3.8, 4) is 0 Å². The third-order valence-corrected chi connectivity index (χ3v) is 4.53. The number of piperidine rings is 3. The van der Waals surface area contributed by atoms with Gasteiger partial charge in [0, 0.05) is 0 Å². The highest BCUT2D eigenvalue weighted by Crippen LogP contribution is 2.33. The summed E-state index contributed by atoms with van der Waals surface area (Å²) in [4.78, 5) is 11.7. The maximum absolute atomic E-state index is 11.7. The van der Waals surface area contributed by atoms with E-state index in [0.29, 0.717) is 6.73 Å². The van der Waals surface area contributed by atoms with E-state index in [4.69, 9.17) is 4.74 Å². The van der Waals surface area contributed by atoms with Gasteiger partial charge in [0.1, 0.15) is 0 Å². The molecule has 0 aliphatic carbocycles. The number of ether oxygens (including phenoxy) is 1. The Morgan fingerprint density at radius 1 is 1.29 bits per heavy atom. The lowest BCUT2D eigenvalue weighted by molar-refractivity contribution is -0.957. The number of rotatable bonds is 4. The maximum atomic E-state index is 11.7. The topological polar surface area (TPSA) is 26.3 Å². The fourth-order valence-electron chi connectivity index (χ4n) is 2.84. The molecule has 3 aliphatic heterocycles. The molecule has 3 saturated heterocycles. The first kappa shape index (κ1) is 14.8. The zero-order valence-electron chi connectivity index (χ0n) is 11.0. The number of hydrogen-bond donors (Lipinski definition) is 0. The van der Waals surface area contributed by atoms with E-state index in [-0.39, 0.29) is 24.3 Å². The minimum absolute atomic E-state index is 0. The monoisotopic (exact) mass is 261 g/mol. The van der Waals surface area contributed by atoms with E-state index >= 15 is 0 Å². The molecule has 0 aromatic heterocycles. The van der Waals surface area contributed by atoms with E-state index in [1.165, 1.54) is 38.9 Å². The van der Waals surface area contributed by atoms with E-state index < -0.39 is 0 Å².